The molecule has 11 heteroatoms. The number of benzene rings is 1. The second kappa shape index (κ2) is 9.50. The smallest absolute Gasteiger partial charge is 0.290 e. The van der Waals surface area contributed by atoms with Crippen LogP contribution in [0, 0.1) is 19.6 Å². The fourth-order valence-corrected chi connectivity index (χ4v) is 3.84. The molecule has 1 aliphatic heterocycles. The van der Waals surface area contributed by atoms with Gasteiger partial charge in [-0.25, -0.2) is 19.3 Å². The number of hydrogen-bond donors (Lipinski definition) is 1. The predicted molar refractivity (Wildman–Crippen MR) is 131 cm³/mol. The Bertz CT molecular complexity index is 1720. The van der Waals surface area contributed by atoms with Crippen molar-refractivity contribution in [1.29, 1.82) is 0 Å². The van der Waals surface area contributed by atoms with Crippen molar-refractivity contribution in [3.63, 3.8) is 0 Å². The fraction of sp³-hybridized carbons (Fsp3) is 0.320. The Hall–Kier alpha value is -4.12. The van der Waals surface area contributed by atoms with Gasteiger partial charge in [-0.3, -0.25) is 9.48 Å². The van der Waals surface area contributed by atoms with E-state index >= 15 is 0 Å². The van der Waals surface area contributed by atoms with Crippen molar-refractivity contribution in [3.05, 3.63) is 71.2 Å². The van der Waals surface area contributed by atoms with Crippen molar-refractivity contribution in [2.75, 3.05) is 19.0 Å². The summed E-state index contributed by atoms with van der Waals surface area (Å²) in [5.74, 6) is -1.80. The number of fused-ring (bicyclic) bond motifs is 1. The standard InChI is InChI=1S/C25H27FN8O2/c1-15-5-6-17(9-19(15)26)11-34-18(14-36-4)12-33-13-20(29-23(33)24(34)35)22-16(2)10-27-25(31-22)30-21-7-8-28-32(21)3/h5-10,13,18H,11-12,14H2,1-4H3,(H,27,30,31)/t18-/m1/s1/i2D3,3D3,11D2. The Kier molecular flexibility index (Phi) is 4.17. The normalized spacial score (nSPS) is 19.7. The average molecular weight is 499 g/mol. The molecular formula is C25H27FN8O2. The number of aromatic nitrogens is 6. The van der Waals surface area contributed by atoms with Crippen LogP contribution < -0.4 is 5.32 Å². The van der Waals surface area contributed by atoms with Gasteiger partial charge in [0, 0.05) is 53.8 Å². The van der Waals surface area contributed by atoms with E-state index in [1.807, 2.05) is 0 Å². The lowest BCUT2D eigenvalue weighted by atomic mass is 10.1. The van der Waals surface area contributed by atoms with E-state index in [2.05, 4.69) is 25.4 Å². The molecule has 3 aromatic heterocycles. The third kappa shape index (κ3) is 4.44. The number of methoxy groups -OCH3 is 1. The van der Waals surface area contributed by atoms with E-state index in [0.29, 0.717) is 5.56 Å². The quantitative estimate of drug-likeness (QED) is 0.417. The van der Waals surface area contributed by atoms with Crippen molar-refractivity contribution in [2.24, 2.45) is 6.98 Å². The Balaban J connectivity index is 1.58. The van der Waals surface area contributed by atoms with Crippen molar-refractivity contribution >= 4 is 17.7 Å². The monoisotopic (exact) mass is 498 g/mol. The van der Waals surface area contributed by atoms with E-state index in [4.69, 9.17) is 15.7 Å². The first kappa shape index (κ1) is 15.8. The number of amides is 1. The maximum atomic E-state index is 14.4. The van der Waals surface area contributed by atoms with E-state index in [-0.39, 0.29) is 53.3 Å². The highest BCUT2D eigenvalue weighted by Gasteiger charge is 2.35. The number of carbonyl (C=O) groups excluding carboxylic acids is 1. The van der Waals surface area contributed by atoms with Gasteiger partial charge in [-0.05, 0) is 36.5 Å². The summed E-state index contributed by atoms with van der Waals surface area (Å²) in [4.78, 5) is 27.5. The number of aryl methyl sites for hydroxylation is 3. The minimum Gasteiger partial charge on any atom is -0.382 e. The van der Waals surface area contributed by atoms with Crippen LogP contribution >= 0.6 is 0 Å². The third-order valence-electron chi connectivity index (χ3n) is 5.65. The number of ether oxygens (including phenoxy) is 1. The van der Waals surface area contributed by atoms with Gasteiger partial charge in [0.05, 0.1) is 27.3 Å². The van der Waals surface area contributed by atoms with E-state index in [1.54, 1.807) is 0 Å². The van der Waals surface area contributed by atoms with Crippen LogP contribution in [0.4, 0.5) is 16.2 Å². The molecule has 0 saturated carbocycles. The molecule has 1 aromatic carbocycles. The lowest BCUT2D eigenvalue weighted by molar-refractivity contribution is 0.0380. The van der Waals surface area contributed by atoms with Crippen LogP contribution in [0.3, 0.4) is 0 Å². The number of carbonyl (C=O) groups is 1. The minimum atomic E-state index is -2.69. The maximum absolute atomic E-state index is 14.4. The van der Waals surface area contributed by atoms with Gasteiger partial charge >= 0.3 is 0 Å². The zero-order valence-electron chi connectivity index (χ0n) is 27.4. The van der Waals surface area contributed by atoms with Gasteiger partial charge in [0.1, 0.15) is 17.3 Å². The molecule has 5 rings (SSSR count). The summed E-state index contributed by atoms with van der Waals surface area (Å²) in [6.45, 7) is -6.28. The number of halogens is 1. The Morgan fingerprint density at radius 2 is 2.19 bits per heavy atom. The molecule has 1 aliphatic rings. The van der Waals surface area contributed by atoms with Crippen LogP contribution in [-0.4, -0.2) is 59.9 Å². The van der Waals surface area contributed by atoms with Gasteiger partial charge < -0.3 is 19.5 Å². The molecule has 0 aliphatic carbocycles. The zero-order valence-corrected chi connectivity index (χ0v) is 19.4. The van der Waals surface area contributed by atoms with Gasteiger partial charge in [0.15, 0.2) is 5.82 Å². The van der Waals surface area contributed by atoms with Crippen LogP contribution in [0.25, 0.3) is 11.4 Å². The SMILES string of the molecule is [2H]C([2H])([2H])c1cnc(Nc2ccnn2C([2H])([2H])[2H])nc1-c1cn2c(n1)C(=O)N(C([2H])([2H])c1ccc(C)c(F)c1)[C@@H](COC)C2. The molecular weight excluding hydrogens is 463 g/mol. The van der Waals surface area contributed by atoms with E-state index < -0.39 is 38.1 Å². The van der Waals surface area contributed by atoms with Gasteiger partial charge in [-0.2, -0.15) is 5.10 Å². The highest BCUT2D eigenvalue weighted by atomic mass is 19.1. The van der Waals surface area contributed by atoms with Crippen LogP contribution in [-0.2, 0) is 24.8 Å². The van der Waals surface area contributed by atoms with Crippen LogP contribution in [0.2, 0.25) is 0 Å². The molecule has 1 atom stereocenters. The molecule has 0 fully saturated rings. The first-order valence-electron chi connectivity index (χ1n) is 14.9. The highest BCUT2D eigenvalue weighted by Crippen LogP contribution is 2.27. The number of nitrogens with one attached hydrogen (secondary N) is 1. The molecule has 0 spiro atoms. The largest absolute Gasteiger partial charge is 0.382 e. The van der Waals surface area contributed by atoms with Crippen LogP contribution in [0.5, 0.6) is 0 Å². The first-order valence-corrected chi connectivity index (χ1v) is 10.9. The molecule has 1 N–H and O–H groups in total. The Morgan fingerprint density at radius 1 is 1.31 bits per heavy atom. The Morgan fingerprint density at radius 3 is 2.97 bits per heavy atom. The fourth-order valence-electron chi connectivity index (χ4n) is 3.84. The summed E-state index contributed by atoms with van der Waals surface area (Å²) >= 11 is 0. The van der Waals surface area contributed by atoms with E-state index in [9.17, 15) is 9.18 Å². The predicted octanol–water partition coefficient (Wildman–Crippen LogP) is 3.24. The molecule has 186 valence electrons. The van der Waals surface area contributed by atoms with Gasteiger partial charge in [0.2, 0.25) is 5.95 Å². The average Bonchev–Trinajstić information content (AvgIpc) is 3.57. The second-order valence-corrected chi connectivity index (χ2v) is 8.17. The van der Waals surface area contributed by atoms with Crippen molar-refractivity contribution in [3.8, 4) is 11.4 Å². The molecule has 0 unspecified atom stereocenters. The molecule has 36 heavy (non-hydrogen) atoms. The topological polar surface area (TPSA) is 103 Å². The summed E-state index contributed by atoms with van der Waals surface area (Å²) in [7, 11) is 1.40. The van der Waals surface area contributed by atoms with E-state index in [0.717, 1.165) is 21.8 Å². The number of imidazole rings is 1. The third-order valence-corrected chi connectivity index (χ3v) is 5.65. The van der Waals surface area contributed by atoms with Crippen LogP contribution in [0.15, 0.2) is 42.9 Å². The molecule has 10 nitrogen and oxygen atoms in total. The number of anilines is 2. The maximum Gasteiger partial charge on any atom is 0.290 e. The summed E-state index contributed by atoms with van der Waals surface area (Å²) in [5, 5.41) is 6.50. The van der Waals surface area contributed by atoms with Crippen molar-refractivity contribution in [2.45, 2.75) is 32.9 Å². The molecule has 0 bridgehead atoms. The Labute approximate surface area is 219 Å². The summed E-state index contributed by atoms with van der Waals surface area (Å²) in [5.41, 5.74) is -0.228. The van der Waals surface area contributed by atoms with Gasteiger partial charge in [-0.1, -0.05) is 12.1 Å². The number of rotatable bonds is 7. The first-order chi connectivity index (χ1) is 20.5. The van der Waals surface area contributed by atoms with Gasteiger partial charge in [-0.15, -0.1) is 0 Å². The molecule has 4 heterocycles. The molecule has 0 radical (unpaired) electrons. The lowest BCUT2D eigenvalue weighted by Gasteiger charge is -2.35. The molecule has 1 amide bonds. The summed E-state index contributed by atoms with van der Waals surface area (Å²) in [6.07, 6.45) is 3.73. The zero-order chi connectivity index (χ0) is 32.2. The highest BCUT2D eigenvalue weighted by molar-refractivity contribution is 5.92. The van der Waals surface area contributed by atoms with Gasteiger partial charge in [0.25, 0.3) is 5.91 Å². The second-order valence-electron chi connectivity index (χ2n) is 8.17. The lowest BCUT2D eigenvalue weighted by Crippen LogP contribution is -2.49. The number of nitrogens with zero attached hydrogens (tertiary/aromatic N) is 7. The summed E-state index contributed by atoms with van der Waals surface area (Å²) < 4.78 is 86.5. The van der Waals surface area contributed by atoms with Crippen molar-refractivity contribution in [1.82, 2.24) is 34.2 Å². The van der Waals surface area contributed by atoms with Crippen LogP contribution in [0.1, 0.15) is 38.3 Å². The molecule has 4 aromatic rings. The summed E-state index contributed by atoms with van der Waals surface area (Å²) in [6, 6.07) is 4.39. The minimum absolute atomic E-state index is 0.0183. The molecule has 0 saturated heterocycles. The van der Waals surface area contributed by atoms with E-state index in [1.165, 1.54) is 49.2 Å². The van der Waals surface area contributed by atoms with Crippen molar-refractivity contribution < 1.29 is 24.9 Å². The number of hydrogen-bond acceptors (Lipinski definition) is 7.